The van der Waals surface area contributed by atoms with Crippen LogP contribution in [0.4, 0.5) is 5.69 Å². The summed E-state index contributed by atoms with van der Waals surface area (Å²) in [5.74, 6) is -0.990. The van der Waals surface area contributed by atoms with E-state index in [1.807, 2.05) is 31.4 Å². The summed E-state index contributed by atoms with van der Waals surface area (Å²) in [6.07, 6.45) is 0. The Labute approximate surface area is 142 Å². The molecule has 0 fully saturated rings. The zero-order valence-corrected chi connectivity index (χ0v) is 14.2. The number of benzene rings is 1. The zero-order valence-electron chi connectivity index (χ0n) is 12.6. The number of rotatable bonds is 6. The van der Waals surface area contributed by atoms with Gasteiger partial charge in [0.25, 0.3) is 0 Å². The average molecular weight is 354 g/mol. The van der Waals surface area contributed by atoms with Gasteiger partial charge in [-0.1, -0.05) is 17.7 Å². The van der Waals surface area contributed by atoms with Crippen LogP contribution in [0.2, 0.25) is 5.02 Å². The molecule has 2 aromatic rings. The first-order chi connectivity index (χ1) is 10.8. The van der Waals surface area contributed by atoms with Crippen molar-refractivity contribution >= 4 is 40.5 Å². The molecule has 0 radical (unpaired) electrons. The van der Waals surface area contributed by atoms with Crippen LogP contribution in [-0.4, -0.2) is 23.6 Å². The maximum atomic E-state index is 12.5. The summed E-state index contributed by atoms with van der Waals surface area (Å²) in [6, 6.07) is 8.49. The van der Waals surface area contributed by atoms with Crippen molar-refractivity contribution in [3.05, 3.63) is 45.6 Å². The Bertz CT molecular complexity index is 713. The number of amides is 1. The van der Waals surface area contributed by atoms with E-state index in [2.05, 4.69) is 5.32 Å². The molecule has 23 heavy (non-hydrogen) atoms. The summed E-state index contributed by atoms with van der Waals surface area (Å²) >= 11 is 7.56. The first kappa shape index (κ1) is 17.3. The van der Waals surface area contributed by atoms with Gasteiger partial charge in [0.2, 0.25) is 5.91 Å². The molecule has 0 bridgehead atoms. The van der Waals surface area contributed by atoms with E-state index in [0.29, 0.717) is 5.69 Å². The number of carbonyl (C=O) groups excluding carboxylic acids is 1. The fraction of sp³-hybridized carbons (Fsp3) is 0.250. The van der Waals surface area contributed by atoms with Gasteiger partial charge < -0.3 is 15.2 Å². The molecule has 2 rings (SSSR count). The van der Waals surface area contributed by atoms with Crippen molar-refractivity contribution in [3.8, 4) is 5.75 Å². The molecule has 0 aliphatic heterocycles. The van der Waals surface area contributed by atoms with Gasteiger partial charge in [-0.15, -0.1) is 11.3 Å². The highest BCUT2D eigenvalue weighted by atomic mass is 35.5. The van der Waals surface area contributed by atoms with E-state index in [0.717, 1.165) is 4.88 Å². The van der Waals surface area contributed by atoms with E-state index >= 15 is 0 Å². The Balaban J connectivity index is 2.10. The SMILES string of the molecule is CC(C)(C(=O)Nc1ccc(OCC(=O)O)c(Cl)c1)c1cccs1. The molecule has 122 valence electrons. The molecule has 1 aromatic carbocycles. The lowest BCUT2D eigenvalue weighted by Crippen LogP contribution is -2.33. The number of nitrogens with one attached hydrogen (secondary N) is 1. The highest BCUT2D eigenvalue weighted by Crippen LogP contribution is 2.31. The smallest absolute Gasteiger partial charge is 0.341 e. The largest absolute Gasteiger partial charge is 0.480 e. The third kappa shape index (κ3) is 4.24. The van der Waals surface area contributed by atoms with Crippen molar-refractivity contribution in [3.63, 3.8) is 0 Å². The second-order valence-electron chi connectivity index (χ2n) is 5.38. The summed E-state index contributed by atoms with van der Waals surface area (Å²) in [7, 11) is 0. The summed E-state index contributed by atoms with van der Waals surface area (Å²) in [5, 5.41) is 13.6. The minimum absolute atomic E-state index is 0.157. The van der Waals surface area contributed by atoms with Crippen LogP contribution in [0.3, 0.4) is 0 Å². The van der Waals surface area contributed by atoms with Crippen LogP contribution in [0.25, 0.3) is 0 Å². The third-order valence-corrected chi connectivity index (χ3v) is 4.73. The van der Waals surface area contributed by atoms with Crippen LogP contribution in [-0.2, 0) is 15.0 Å². The van der Waals surface area contributed by atoms with Gasteiger partial charge in [-0.3, -0.25) is 4.79 Å². The number of hydrogen-bond acceptors (Lipinski definition) is 4. The molecule has 0 saturated carbocycles. The molecule has 0 aliphatic carbocycles. The first-order valence-electron chi connectivity index (χ1n) is 6.80. The van der Waals surface area contributed by atoms with Crippen molar-refractivity contribution < 1.29 is 19.4 Å². The van der Waals surface area contributed by atoms with Gasteiger partial charge in [-0.05, 0) is 43.5 Å². The molecule has 0 atom stereocenters. The number of carbonyl (C=O) groups is 2. The lowest BCUT2D eigenvalue weighted by Gasteiger charge is -2.22. The average Bonchev–Trinajstić information content (AvgIpc) is 3.01. The van der Waals surface area contributed by atoms with Crippen molar-refractivity contribution in [2.75, 3.05) is 11.9 Å². The highest BCUT2D eigenvalue weighted by Gasteiger charge is 2.30. The number of halogens is 1. The lowest BCUT2D eigenvalue weighted by atomic mass is 9.90. The van der Waals surface area contributed by atoms with Crippen LogP contribution in [0.5, 0.6) is 5.75 Å². The van der Waals surface area contributed by atoms with Crippen molar-refractivity contribution in [2.45, 2.75) is 19.3 Å². The Kier molecular flexibility index (Phi) is 5.28. The van der Waals surface area contributed by atoms with Gasteiger partial charge in [0.1, 0.15) is 5.75 Å². The van der Waals surface area contributed by atoms with Crippen LogP contribution >= 0.6 is 22.9 Å². The molecular formula is C16H16ClNO4S. The first-order valence-corrected chi connectivity index (χ1v) is 8.06. The molecule has 2 N–H and O–H groups in total. The van der Waals surface area contributed by atoms with E-state index in [1.54, 1.807) is 6.07 Å². The number of anilines is 1. The van der Waals surface area contributed by atoms with E-state index in [1.165, 1.54) is 23.5 Å². The topological polar surface area (TPSA) is 75.6 Å². The van der Waals surface area contributed by atoms with Crippen LogP contribution in [0.15, 0.2) is 35.7 Å². The van der Waals surface area contributed by atoms with Gasteiger partial charge in [-0.2, -0.15) is 0 Å². The van der Waals surface area contributed by atoms with Crippen LogP contribution < -0.4 is 10.1 Å². The maximum absolute atomic E-state index is 12.5. The molecule has 0 aliphatic rings. The van der Waals surface area contributed by atoms with E-state index < -0.39 is 18.0 Å². The zero-order chi connectivity index (χ0) is 17.0. The number of aliphatic carboxylic acids is 1. The summed E-state index contributed by atoms with van der Waals surface area (Å²) in [6.45, 7) is 3.22. The summed E-state index contributed by atoms with van der Waals surface area (Å²) in [5.41, 5.74) is -0.147. The number of hydrogen-bond donors (Lipinski definition) is 2. The Morgan fingerprint density at radius 2 is 2.09 bits per heavy atom. The molecule has 0 unspecified atom stereocenters. The highest BCUT2D eigenvalue weighted by molar-refractivity contribution is 7.10. The molecule has 7 heteroatoms. The number of ether oxygens (including phenoxy) is 1. The monoisotopic (exact) mass is 353 g/mol. The molecule has 1 amide bonds. The number of thiophene rings is 1. The quantitative estimate of drug-likeness (QED) is 0.828. The van der Waals surface area contributed by atoms with Crippen molar-refractivity contribution in [2.24, 2.45) is 0 Å². The van der Waals surface area contributed by atoms with Crippen LogP contribution in [0.1, 0.15) is 18.7 Å². The summed E-state index contributed by atoms with van der Waals surface area (Å²) < 4.78 is 5.04. The van der Waals surface area contributed by atoms with Crippen molar-refractivity contribution in [1.82, 2.24) is 0 Å². The van der Waals surface area contributed by atoms with E-state index in [9.17, 15) is 9.59 Å². The lowest BCUT2D eigenvalue weighted by molar-refractivity contribution is -0.139. The molecule has 1 heterocycles. The predicted molar refractivity (Wildman–Crippen MR) is 90.6 cm³/mol. The normalized spacial score (nSPS) is 11.1. The molecule has 5 nitrogen and oxygen atoms in total. The Morgan fingerprint density at radius 3 is 2.65 bits per heavy atom. The van der Waals surface area contributed by atoms with Gasteiger partial charge >= 0.3 is 5.97 Å². The minimum Gasteiger partial charge on any atom is -0.480 e. The fourth-order valence-electron chi connectivity index (χ4n) is 1.87. The van der Waals surface area contributed by atoms with Crippen LogP contribution in [0, 0.1) is 0 Å². The maximum Gasteiger partial charge on any atom is 0.341 e. The van der Waals surface area contributed by atoms with E-state index in [4.69, 9.17) is 21.4 Å². The van der Waals surface area contributed by atoms with Crippen molar-refractivity contribution in [1.29, 1.82) is 0 Å². The Morgan fingerprint density at radius 1 is 1.35 bits per heavy atom. The number of carboxylic acids is 1. The van der Waals surface area contributed by atoms with E-state index in [-0.39, 0.29) is 16.7 Å². The molecule has 0 saturated heterocycles. The molecular weight excluding hydrogens is 338 g/mol. The van der Waals surface area contributed by atoms with Gasteiger partial charge in [0.05, 0.1) is 10.4 Å². The third-order valence-electron chi connectivity index (χ3n) is 3.25. The fourth-order valence-corrected chi connectivity index (χ4v) is 2.95. The minimum atomic E-state index is -1.09. The van der Waals surface area contributed by atoms with Gasteiger partial charge in [-0.25, -0.2) is 4.79 Å². The number of carboxylic acid groups (broad SMARTS) is 1. The molecule has 0 spiro atoms. The predicted octanol–water partition coefficient (Wildman–Crippen LogP) is 3.78. The van der Waals surface area contributed by atoms with Gasteiger partial charge in [0, 0.05) is 10.6 Å². The standard InChI is InChI=1S/C16H16ClNO4S/c1-16(2,13-4-3-7-23-13)15(21)18-10-5-6-12(11(17)8-10)22-9-14(19)20/h3-8H,9H2,1-2H3,(H,18,21)(H,19,20). The summed E-state index contributed by atoms with van der Waals surface area (Å²) in [4.78, 5) is 23.9. The second-order valence-corrected chi connectivity index (χ2v) is 6.74. The molecule has 1 aromatic heterocycles. The Hall–Kier alpha value is -2.05. The van der Waals surface area contributed by atoms with Gasteiger partial charge in [0.15, 0.2) is 6.61 Å². The second kappa shape index (κ2) is 7.02.